The van der Waals surface area contributed by atoms with Crippen LogP contribution in [0, 0.1) is 19.7 Å². The van der Waals surface area contributed by atoms with Crippen LogP contribution in [0.2, 0.25) is 0 Å². The van der Waals surface area contributed by atoms with Gasteiger partial charge in [-0.05, 0) is 68.0 Å². The van der Waals surface area contributed by atoms with Crippen molar-refractivity contribution < 1.29 is 22.4 Å². The Morgan fingerprint density at radius 1 is 1.17 bits per heavy atom. The number of hydrogen-bond donors (Lipinski definition) is 1. The van der Waals surface area contributed by atoms with Gasteiger partial charge in [-0.15, -0.1) is 0 Å². The number of amides is 2. The predicted octanol–water partition coefficient (Wildman–Crippen LogP) is 2.43. The first-order chi connectivity index (χ1) is 16.9. The molecule has 2 aromatic carbocycles. The minimum absolute atomic E-state index is 0.0645. The number of nitrogens with one attached hydrogen (secondary N) is 1. The molecule has 2 aromatic rings. The molecule has 0 atom stereocenters. The normalized spacial score (nSPS) is 17.7. The Hall–Kier alpha value is -3.11. The van der Waals surface area contributed by atoms with Gasteiger partial charge in [0.2, 0.25) is 10.0 Å². The van der Waals surface area contributed by atoms with Gasteiger partial charge in [0.25, 0.3) is 11.8 Å². The lowest BCUT2D eigenvalue weighted by Crippen LogP contribution is -2.50. The summed E-state index contributed by atoms with van der Waals surface area (Å²) in [6, 6.07) is 9.94. The zero-order chi connectivity index (χ0) is 26.3. The number of nitrogens with zero attached hydrogens (tertiary/aromatic N) is 3. The van der Waals surface area contributed by atoms with Crippen LogP contribution in [0.3, 0.4) is 0 Å². The summed E-state index contributed by atoms with van der Waals surface area (Å²) in [5, 5.41) is 2.77. The highest BCUT2D eigenvalue weighted by Gasteiger charge is 2.47. The third-order valence-electron chi connectivity index (χ3n) is 7.07. The molecule has 1 N–H and O–H groups in total. The Bertz CT molecular complexity index is 1350. The highest BCUT2D eigenvalue weighted by Crippen LogP contribution is 2.33. The monoisotopic (exact) mass is 514 g/mol. The van der Waals surface area contributed by atoms with Gasteiger partial charge in [0, 0.05) is 38.3 Å². The number of piperidine rings is 1. The molecule has 4 rings (SSSR count). The summed E-state index contributed by atoms with van der Waals surface area (Å²) in [7, 11) is -0.181. The number of sulfonamides is 1. The lowest BCUT2D eigenvalue weighted by Gasteiger charge is -2.34. The molecule has 10 heteroatoms. The molecule has 2 aliphatic rings. The molecule has 2 amide bonds. The number of carbonyl (C=O) groups excluding carboxylic acids is 2. The van der Waals surface area contributed by atoms with Gasteiger partial charge in [0.1, 0.15) is 17.2 Å². The molecule has 36 heavy (non-hydrogen) atoms. The van der Waals surface area contributed by atoms with E-state index in [1.54, 1.807) is 51.4 Å². The van der Waals surface area contributed by atoms with Crippen molar-refractivity contribution in [3.63, 3.8) is 0 Å². The third-order valence-corrected chi connectivity index (χ3v) is 8.94. The molecule has 1 fully saturated rings. The first-order valence-electron chi connectivity index (χ1n) is 11.9. The fraction of sp³-hybridized carbons (Fsp3) is 0.423. The van der Waals surface area contributed by atoms with Gasteiger partial charge in [-0.3, -0.25) is 14.6 Å². The maximum Gasteiger partial charge on any atom is 0.253 e. The van der Waals surface area contributed by atoms with Gasteiger partial charge in [0.05, 0.1) is 5.75 Å². The smallest absolute Gasteiger partial charge is 0.253 e. The molecule has 0 unspecified atom stereocenters. The van der Waals surface area contributed by atoms with E-state index in [-0.39, 0.29) is 49.3 Å². The van der Waals surface area contributed by atoms with Crippen molar-refractivity contribution in [2.75, 3.05) is 32.9 Å². The van der Waals surface area contributed by atoms with E-state index in [2.05, 4.69) is 10.3 Å². The Balaban J connectivity index is 1.42. The number of rotatable bonds is 6. The number of benzene rings is 2. The lowest BCUT2D eigenvalue weighted by atomic mass is 9.89. The SMILES string of the molecule is Cc1cc(C(=O)N(C)C)ccc1CCS(=O)(=O)N1CCC2(CC1)N=C(c1cccc(F)c1C)NC2=O. The van der Waals surface area contributed by atoms with Crippen LogP contribution in [0.1, 0.15) is 45.5 Å². The molecule has 0 radical (unpaired) electrons. The zero-order valence-electron chi connectivity index (χ0n) is 21.0. The van der Waals surface area contributed by atoms with E-state index in [0.717, 1.165) is 11.1 Å². The second-order valence-electron chi connectivity index (χ2n) is 9.66. The molecule has 0 bridgehead atoms. The van der Waals surface area contributed by atoms with E-state index in [9.17, 15) is 22.4 Å². The van der Waals surface area contributed by atoms with E-state index in [1.807, 2.05) is 6.92 Å². The summed E-state index contributed by atoms with van der Waals surface area (Å²) in [6.45, 7) is 3.87. The summed E-state index contributed by atoms with van der Waals surface area (Å²) in [6.07, 6.45) is 0.848. The lowest BCUT2D eigenvalue weighted by molar-refractivity contribution is -0.124. The van der Waals surface area contributed by atoms with Crippen molar-refractivity contribution in [2.45, 2.75) is 38.6 Å². The molecule has 8 nitrogen and oxygen atoms in total. The summed E-state index contributed by atoms with van der Waals surface area (Å²) >= 11 is 0. The number of hydrogen-bond acceptors (Lipinski definition) is 5. The molecule has 192 valence electrons. The Kier molecular flexibility index (Phi) is 7.03. The fourth-order valence-corrected chi connectivity index (χ4v) is 6.19. The molecule has 2 aliphatic heterocycles. The van der Waals surface area contributed by atoms with E-state index in [0.29, 0.717) is 28.9 Å². The predicted molar refractivity (Wildman–Crippen MR) is 136 cm³/mol. The summed E-state index contributed by atoms with van der Waals surface area (Å²) in [5.41, 5.74) is 2.20. The minimum Gasteiger partial charge on any atom is -0.345 e. The highest BCUT2D eigenvalue weighted by molar-refractivity contribution is 7.89. The van der Waals surface area contributed by atoms with Crippen LogP contribution in [0.25, 0.3) is 0 Å². The van der Waals surface area contributed by atoms with Crippen molar-refractivity contribution >= 4 is 27.7 Å². The zero-order valence-corrected chi connectivity index (χ0v) is 21.8. The van der Waals surface area contributed by atoms with Crippen molar-refractivity contribution in [3.05, 3.63) is 70.0 Å². The van der Waals surface area contributed by atoms with Crippen LogP contribution in [0.4, 0.5) is 4.39 Å². The second kappa shape index (κ2) is 9.74. The van der Waals surface area contributed by atoms with Gasteiger partial charge >= 0.3 is 0 Å². The number of halogens is 1. The quantitative estimate of drug-likeness (QED) is 0.640. The minimum atomic E-state index is -3.55. The standard InChI is InChI=1S/C26H31FN4O4S/c1-17-16-20(24(32)30(3)4)9-8-19(17)10-15-36(34,35)31-13-11-26(12-14-31)25(33)28-23(29-26)21-6-5-7-22(27)18(21)2/h5-9,16H,10-15H2,1-4H3,(H,28,29,33). The highest BCUT2D eigenvalue weighted by atomic mass is 32.2. The molecular weight excluding hydrogens is 483 g/mol. The Labute approximate surface area is 211 Å². The van der Waals surface area contributed by atoms with E-state index >= 15 is 0 Å². The summed E-state index contributed by atoms with van der Waals surface area (Å²) in [5.74, 6) is -0.485. The van der Waals surface area contributed by atoms with Gasteiger partial charge < -0.3 is 10.2 Å². The number of amidine groups is 1. The molecule has 0 aromatic heterocycles. The average Bonchev–Trinajstić information content (AvgIpc) is 3.14. The van der Waals surface area contributed by atoms with Crippen molar-refractivity contribution in [1.29, 1.82) is 0 Å². The van der Waals surface area contributed by atoms with Crippen molar-refractivity contribution in [3.8, 4) is 0 Å². The van der Waals surface area contributed by atoms with Gasteiger partial charge in [-0.25, -0.2) is 17.1 Å². The van der Waals surface area contributed by atoms with E-state index in [1.165, 1.54) is 15.3 Å². The third kappa shape index (κ3) is 4.92. The number of aryl methyl sites for hydroxylation is 2. The molecule has 0 aliphatic carbocycles. The summed E-state index contributed by atoms with van der Waals surface area (Å²) < 4.78 is 41.6. The van der Waals surface area contributed by atoms with E-state index in [4.69, 9.17) is 0 Å². The van der Waals surface area contributed by atoms with Gasteiger partial charge in [-0.2, -0.15) is 0 Å². The Morgan fingerprint density at radius 2 is 1.86 bits per heavy atom. The summed E-state index contributed by atoms with van der Waals surface area (Å²) in [4.78, 5) is 31.1. The molecular formula is C26H31FN4O4S. The Morgan fingerprint density at radius 3 is 2.50 bits per heavy atom. The van der Waals surface area contributed by atoms with Crippen LogP contribution in [0.15, 0.2) is 41.4 Å². The van der Waals surface area contributed by atoms with Crippen LogP contribution in [0.5, 0.6) is 0 Å². The molecule has 2 heterocycles. The fourth-order valence-electron chi connectivity index (χ4n) is 4.72. The van der Waals surface area contributed by atoms with Gasteiger partial charge in [0.15, 0.2) is 0 Å². The number of carbonyl (C=O) groups is 2. The molecule has 1 saturated heterocycles. The molecule has 0 saturated carbocycles. The van der Waals surface area contributed by atoms with Crippen molar-refractivity contribution in [2.24, 2.45) is 4.99 Å². The first kappa shape index (κ1) is 26.0. The maximum atomic E-state index is 14.0. The largest absolute Gasteiger partial charge is 0.345 e. The molecule has 1 spiro atoms. The second-order valence-corrected chi connectivity index (χ2v) is 11.8. The van der Waals surface area contributed by atoms with Crippen LogP contribution >= 0.6 is 0 Å². The average molecular weight is 515 g/mol. The van der Waals surface area contributed by atoms with Crippen LogP contribution in [-0.2, 0) is 21.2 Å². The van der Waals surface area contributed by atoms with Crippen LogP contribution < -0.4 is 5.32 Å². The van der Waals surface area contributed by atoms with Crippen molar-refractivity contribution in [1.82, 2.24) is 14.5 Å². The maximum absolute atomic E-state index is 14.0. The number of aliphatic imine (C=N–C) groups is 1. The van der Waals surface area contributed by atoms with E-state index < -0.39 is 15.6 Å². The topological polar surface area (TPSA) is 99.2 Å². The first-order valence-corrected chi connectivity index (χ1v) is 13.5. The van der Waals surface area contributed by atoms with Crippen LogP contribution in [-0.4, -0.2) is 73.7 Å². The van der Waals surface area contributed by atoms with Gasteiger partial charge in [-0.1, -0.05) is 18.2 Å².